The number of aliphatic carboxylic acids is 5. The molecule has 0 aromatic rings. The second kappa shape index (κ2) is 50.2. The van der Waals surface area contributed by atoms with Crippen LogP contribution in [-0.4, -0.2) is 178 Å². The van der Waals surface area contributed by atoms with Gasteiger partial charge in [0.1, 0.15) is 6.61 Å². The van der Waals surface area contributed by atoms with Crippen molar-refractivity contribution >= 4 is 49.6 Å². The number of hydrogen-bond acceptors (Lipinski definition) is 16. The molecule has 3 atom stereocenters. The topological polar surface area (TPSA) is 317 Å². The number of carboxylic acid groups (broad SMARTS) is 5. The lowest BCUT2D eigenvalue weighted by Gasteiger charge is -2.34. The van der Waals surface area contributed by atoms with Crippen LogP contribution in [0, 0.1) is 0 Å². The molecule has 0 spiro atoms. The molecule has 0 rings (SSSR count). The van der Waals surface area contributed by atoms with E-state index < -0.39 is 121 Å². The predicted molar refractivity (Wildman–Crippen MR) is 296 cm³/mol. The van der Waals surface area contributed by atoms with Crippen molar-refractivity contribution in [1.82, 2.24) is 20.0 Å². The molecule has 0 aliphatic carbocycles. The van der Waals surface area contributed by atoms with Crippen molar-refractivity contribution in [2.45, 2.75) is 232 Å². The highest BCUT2D eigenvalue weighted by molar-refractivity contribution is 7.47. The van der Waals surface area contributed by atoms with E-state index in [1.165, 1.54) is 133 Å². The summed E-state index contributed by atoms with van der Waals surface area (Å²) in [5, 5.41) is 50.0. The van der Waals surface area contributed by atoms with Gasteiger partial charge in [0.15, 0.2) is 6.10 Å². The normalized spacial score (nSPS) is 13.2. The van der Waals surface area contributed by atoms with Crippen LogP contribution in [0.25, 0.3) is 0 Å². The summed E-state index contributed by atoms with van der Waals surface area (Å²) in [6, 6.07) is 0. The van der Waals surface area contributed by atoms with Gasteiger partial charge in [-0.3, -0.25) is 62.6 Å². The van der Waals surface area contributed by atoms with Crippen LogP contribution in [0.1, 0.15) is 219 Å². The van der Waals surface area contributed by atoms with Gasteiger partial charge < -0.3 is 39.9 Å². The van der Waals surface area contributed by atoms with E-state index in [-0.39, 0.29) is 32.5 Å². The molecule has 0 aromatic heterocycles. The quantitative estimate of drug-likeness (QED) is 0.0129. The van der Waals surface area contributed by atoms with Gasteiger partial charge in [-0.05, 0) is 12.8 Å². The van der Waals surface area contributed by atoms with E-state index in [0.29, 0.717) is 12.8 Å². The number of unbranched alkanes of at least 4 members (excludes halogenated alkanes) is 28. The first-order valence-corrected chi connectivity index (χ1v) is 30.8. The summed E-state index contributed by atoms with van der Waals surface area (Å²) in [6.45, 7) is -2.26. The summed E-state index contributed by atoms with van der Waals surface area (Å²) >= 11 is 0. The first kappa shape index (κ1) is 74.2. The first-order valence-electron chi connectivity index (χ1n) is 29.3. The highest BCUT2D eigenvalue weighted by atomic mass is 31.2. The Labute approximate surface area is 465 Å². The van der Waals surface area contributed by atoms with E-state index in [1.807, 2.05) is 0 Å². The Kier molecular flexibility index (Phi) is 47.8. The number of phosphoric ester groups is 1. The third-order valence-corrected chi connectivity index (χ3v) is 14.2. The Morgan fingerprint density at radius 1 is 0.449 bits per heavy atom. The molecule has 0 amide bonds. The van der Waals surface area contributed by atoms with Gasteiger partial charge in [0.05, 0.1) is 52.1 Å². The second-order valence-electron chi connectivity index (χ2n) is 20.6. The molecule has 23 heteroatoms. The number of ether oxygens (including phenoxy) is 2. The van der Waals surface area contributed by atoms with Gasteiger partial charge in [-0.1, -0.05) is 194 Å². The van der Waals surface area contributed by atoms with Crippen molar-refractivity contribution in [1.29, 1.82) is 0 Å². The lowest BCUT2D eigenvalue weighted by Crippen LogP contribution is -2.57. The molecule has 0 aliphatic rings. The zero-order valence-electron chi connectivity index (χ0n) is 47.6. The van der Waals surface area contributed by atoms with Crippen LogP contribution in [0.2, 0.25) is 0 Å². The maximum Gasteiger partial charge on any atom is 0.472 e. The zero-order valence-corrected chi connectivity index (χ0v) is 48.5. The first-order chi connectivity index (χ1) is 37.4. The number of rotatable bonds is 59. The van der Waals surface area contributed by atoms with Crippen molar-refractivity contribution in [2.75, 3.05) is 78.7 Å². The maximum absolute atomic E-state index is 13.1. The molecular weight excluding hydrogens is 1040 g/mol. The van der Waals surface area contributed by atoms with Gasteiger partial charge in [-0.2, -0.15) is 0 Å². The molecule has 0 heterocycles. The minimum absolute atomic E-state index is 0.0789. The number of esters is 2. The predicted octanol–water partition coefficient (Wildman–Crippen LogP) is 9.34. The van der Waals surface area contributed by atoms with Crippen molar-refractivity contribution in [3.05, 3.63) is 0 Å². The highest BCUT2D eigenvalue weighted by Gasteiger charge is 2.29. The number of carbonyl (C=O) groups excluding carboxylic acids is 2. The Balaban J connectivity index is 5.45. The smallest absolute Gasteiger partial charge is 0.472 e. The van der Waals surface area contributed by atoms with Crippen LogP contribution in [0.15, 0.2) is 0 Å². The monoisotopic (exact) mass is 1140 g/mol. The second-order valence-corrected chi connectivity index (χ2v) is 22.0. The molecule has 7 N–H and O–H groups in total. The van der Waals surface area contributed by atoms with E-state index in [2.05, 4.69) is 19.2 Å². The number of nitrogens with one attached hydrogen (secondary N) is 1. The summed E-state index contributed by atoms with van der Waals surface area (Å²) in [5.74, 6) is -8.03. The summed E-state index contributed by atoms with van der Waals surface area (Å²) in [7, 11) is -4.92. The van der Waals surface area contributed by atoms with Crippen molar-refractivity contribution < 1.29 is 87.1 Å². The molecule has 0 saturated heterocycles. The molecule has 0 fully saturated rings. The Hall–Kier alpha value is -3.76. The van der Waals surface area contributed by atoms with Gasteiger partial charge in [-0.25, -0.2) is 4.57 Å². The average Bonchev–Trinajstić information content (AvgIpc) is 3.36. The highest BCUT2D eigenvalue weighted by Crippen LogP contribution is 2.43. The minimum atomic E-state index is -4.92. The molecule has 2 unspecified atom stereocenters. The van der Waals surface area contributed by atoms with Crippen molar-refractivity contribution in [3.8, 4) is 0 Å². The number of phosphoric acid groups is 1. The lowest BCUT2D eigenvalue weighted by atomic mass is 10.0. The van der Waals surface area contributed by atoms with Crippen LogP contribution >= 0.6 is 7.82 Å². The number of carbonyl (C=O) groups is 7. The zero-order chi connectivity index (χ0) is 58.1. The number of hydrogen-bond donors (Lipinski definition) is 7. The average molecular weight is 1140 g/mol. The molecule has 0 radical (unpaired) electrons. The Morgan fingerprint density at radius 3 is 1.18 bits per heavy atom. The third kappa shape index (κ3) is 49.3. The van der Waals surface area contributed by atoms with Crippen LogP contribution in [0.5, 0.6) is 0 Å². The lowest BCUT2D eigenvalue weighted by molar-refractivity contribution is -0.161. The van der Waals surface area contributed by atoms with E-state index in [9.17, 15) is 68.6 Å². The van der Waals surface area contributed by atoms with Crippen molar-refractivity contribution in [3.63, 3.8) is 0 Å². The molecule has 22 nitrogen and oxygen atoms in total. The van der Waals surface area contributed by atoms with Crippen LogP contribution < -0.4 is 5.32 Å². The van der Waals surface area contributed by atoms with E-state index in [4.69, 9.17) is 18.5 Å². The molecule has 456 valence electrons. The van der Waals surface area contributed by atoms with Gasteiger partial charge in [0.2, 0.25) is 0 Å². The Morgan fingerprint density at radius 2 is 0.795 bits per heavy atom. The molecule has 78 heavy (non-hydrogen) atoms. The fraction of sp³-hybridized carbons (Fsp3) is 0.873. The third-order valence-electron chi connectivity index (χ3n) is 13.2. The van der Waals surface area contributed by atoms with E-state index in [0.717, 1.165) is 61.2 Å². The van der Waals surface area contributed by atoms with Gasteiger partial charge >= 0.3 is 49.6 Å². The maximum atomic E-state index is 13.1. The molecule has 0 bridgehead atoms. The number of carboxylic acids is 5. The van der Waals surface area contributed by atoms with E-state index >= 15 is 0 Å². The largest absolute Gasteiger partial charge is 0.480 e. The van der Waals surface area contributed by atoms with Gasteiger partial charge in [0, 0.05) is 39.0 Å². The van der Waals surface area contributed by atoms with Gasteiger partial charge in [-0.15, -0.1) is 0 Å². The summed E-state index contributed by atoms with van der Waals surface area (Å²) in [6.07, 6.45) is 32.7. The Bertz CT molecular complexity index is 1610. The number of nitrogens with zero attached hydrogens (tertiary/aromatic N) is 3. The van der Waals surface area contributed by atoms with Crippen LogP contribution in [0.4, 0.5) is 0 Å². The minimum Gasteiger partial charge on any atom is -0.480 e. The molecule has 0 saturated carbocycles. The fourth-order valence-electron chi connectivity index (χ4n) is 8.98. The SMILES string of the molecule is CCCCCCCCCCCCCCCCCC(=O)OC[C@H](COP(=O)(O)OCCNC(CN(CCN(CC(=O)O)CC(=O)O)CC(=O)O)N(CC(=O)O)CC(=O)O)OC(=O)CCCCCCCCCCCCCCCCC. The van der Waals surface area contributed by atoms with E-state index in [1.54, 1.807) is 0 Å². The van der Waals surface area contributed by atoms with Crippen LogP contribution in [-0.2, 0) is 56.6 Å². The molecule has 0 aliphatic heterocycles. The molecular formula is C55H103N4O18P. The standard InChI is InChI=1S/C55H103N4O18P/c1-3-5-7-9-11-13-15-17-19-21-23-25-27-29-31-33-54(70)74-45-47(77-55(71)34-32-30-28-26-24-22-20-18-16-14-12-10-8-6-4-2)46-76-78(72,73)75-38-35-56-48(59(43-52(66)67)44-53(68)69)39-57(40-49(60)61)36-37-58(41-50(62)63)42-51(64)65/h47-48,56H,3-46H2,1-2H3,(H,60,61)(H,62,63)(H,64,65)(H,66,67)(H,68,69)(H,72,73)/t47-,48?/m1/s1. The summed E-state index contributed by atoms with van der Waals surface area (Å²) in [5.41, 5.74) is 0. The molecule has 0 aromatic carbocycles. The fourth-order valence-corrected chi connectivity index (χ4v) is 9.74. The summed E-state index contributed by atoms with van der Waals surface area (Å²) in [4.78, 5) is 97.6. The van der Waals surface area contributed by atoms with Crippen molar-refractivity contribution in [2.24, 2.45) is 0 Å². The summed E-state index contributed by atoms with van der Waals surface area (Å²) < 4.78 is 34.4. The van der Waals surface area contributed by atoms with Gasteiger partial charge in [0.25, 0.3) is 0 Å². The van der Waals surface area contributed by atoms with Crippen LogP contribution in [0.3, 0.4) is 0 Å².